The van der Waals surface area contributed by atoms with Gasteiger partial charge >= 0.3 is 12.2 Å². The maximum Gasteiger partial charge on any atom is 0.417 e. The van der Waals surface area contributed by atoms with Crippen molar-refractivity contribution in [1.29, 1.82) is 0 Å². The summed E-state index contributed by atoms with van der Waals surface area (Å²) in [7, 11) is 0. The molecule has 260 valence electrons. The molecular weight excluding hydrogens is 664 g/mol. The zero-order valence-corrected chi connectivity index (χ0v) is 28.1. The first-order valence-electron chi connectivity index (χ1n) is 16.4. The number of nitrogens with zero attached hydrogens (tertiary/aromatic N) is 2. The number of carbonyl (C=O) groups is 6. The maximum atomic E-state index is 12.6. The average molecular weight is 697 g/mol. The predicted octanol–water partition coefficient (Wildman–Crippen LogP) is 7.50. The van der Waals surface area contributed by atoms with Gasteiger partial charge in [-0.15, -0.1) is 0 Å². The molecule has 12 heteroatoms. The fourth-order valence-electron chi connectivity index (χ4n) is 5.83. The molecule has 52 heavy (non-hydrogen) atoms. The van der Waals surface area contributed by atoms with Crippen molar-refractivity contribution in [2.24, 2.45) is 0 Å². The molecule has 2 N–H and O–H groups in total. The summed E-state index contributed by atoms with van der Waals surface area (Å²) in [4.78, 5) is 74.8. The molecule has 0 spiro atoms. The molecule has 0 unspecified atom stereocenters. The minimum Gasteiger partial charge on any atom is -0.410 e. The number of nitrogens with one attached hydrogen (secondary N) is 2. The lowest BCUT2D eigenvalue weighted by atomic mass is 9.91. The van der Waals surface area contributed by atoms with Gasteiger partial charge in [-0.05, 0) is 108 Å². The molecule has 0 saturated heterocycles. The molecule has 0 aromatic heterocycles. The van der Waals surface area contributed by atoms with Crippen molar-refractivity contribution in [3.8, 4) is 11.5 Å². The SMILES string of the molecule is CC/C(=C(/CC)c1ccc(OC(=O)Nc2ccc(N3C(=O)C=CC3=O)cc2)cc1)c1ccc(OC(=O)Nc2ccc(N3C(=O)C=CC3=O)cc2)cc1. The van der Waals surface area contributed by atoms with E-state index < -0.39 is 35.8 Å². The second-order valence-corrected chi connectivity index (χ2v) is 11.5. The molecule has 4 aromatic rings. The quantitative estimate of drug-likeness (QED) is 0.128. The third-order valence-electron chi connectivity index (χ3n) is 8.26. The number of rotatable bonds is 10. The van der Waals surface area contributed by atoms with Crippen molar-refractivity contribution in [1.82, 2.24) is 0 Å². The first-order valence-corrected chi connectivity index (χ1v) is 16.4. The van der Waals surface area contributed by atoms with Crippen LogP contribution in [0.3, 0.4) is 0 Å². The van der Waals surface area contributed by atoms with Gasteiger partial charge in [-0.1, -0.05) is 38.1 Å². The summed E-state index contributed by atoms with van der Waals surface area (Å²) in [6.07, 6.45) is 4.88. The number of imide groups is 2. The highest BCUT2D eigenvalue weighted by Crippen LogP contribution is 2.33. The van der Waals surface area contributed by atoms with E-state index in [9.17, 15) is 28.8 Å². The van der Waals surface area contributed by atoms with E-state index in [1.165, 1.54) is 24.3 Å². The van der Waals surface area contributed by atoms with Crippen LogP contribution in [0.1, 0.15) is 37.8 Å². The number of amides is 6. The van der Waals surface area contributed by atoms with Crippen LogP contribution in [0.25, 0.3) is 11.1 Å². The van der Waals surface area contributed by atoms with Crippen LogP contribution < -0.4 is 29.9 Å². The third-order valence-corrected chi connectivity index (χ3v) is 8.26. The lowest BCUT2D eigenvalue weighted by Crippen LogP contribution is -2.29. The van der Waals surface area contributed by atoms with Gasteiger partial charge in [0.05, 0.1) is 11.4 Å². The van der Waals surface area contributed by atoms with E-state index in [0.29, 0.717) is 34.2 Å². The largest absolute Gasteiger partial charge is 0.417 e. The van der Waals surface area contributed by atoms with Crippen LogP contribution in [0.15, 0.2) is 121 Å². The normalized spacial score (nSPS) is 14.1. The van der Waals surface area contributed by atoms with Crippen molar-refractivity contribution < 1.29 is 38.2 Å². The fourth-order valence-corrected chi connectivity index (χ4v) is 5.83. The van der Waals surface area contributed by atoms with Gasteiger partial charge in [0.15, 0.2) is 0 Å². The number of hydrogen-bond donors (Lipinski definition) is 2. The highest BCUT2D eigenvalue weighted by atomic mass is 16.6. The van der Waals surface area contributed by atoms with Crippen molar-refractivity contribution in [3.05, 3.63) is 132 Å². The maximum absolute atomic E-state index is 12.6. The van der Waals surface area contributed by atoms with Gasteiger partial charge in [0, 0.05) is 35.7 Å². The van der Waals surface area contributed by atoms with Crippen LogP contribution in [0.5, 0.6) is 11.5 Å². The minimum absolute atomic E-state index is 0.343. The summed E-state index contributed by atoms with van der Waals surface area (Å²) in [6.45, 7) is 4.12. The Balaban J connectivity index is 1.05. The van der Waals surface area contributed by atoms with Crippen molar-refractivity contribution in [2.75, 3.05) is 20.4 Å². The van der Waals surface area contributed by atoms with Crippen LogP contribution in [0, 0.1) is 0 Å². The van der Waals surface area contributed by atoms with E-state index in [1.807, 2.05) is 24.3 Å². The molecule has 2 heterocycles. The Labute approximate surface area is 298 Å². The predicted molar refractivity (Wildman–Crippen MR) is 196 cm³/mol. The molecule has 0 fully saturated rings. The zero-order chi connectivity index (χ0) is 36.8. The molecule has 0 aliphatic carbocycles. The molecular formula is C40H32N4O8. The van der Waals surface area contributed by atoms with Gasteiger partial charge in [-0.3, -0.25) is 29.8 Å². The van der Waals surface area contributed by atoms with Crippen LogP contribution in [0.4, 0.5) is 32.3 Å². The molecule has 0 bridgehead atoms. The second kappa shape index (κ2) is 15.2. The van der Waals surface area contributed by atoms with Gasteiger partial charge in [-0.2, -0.15) is 0 Å². The van der Waals surface area contributed by atoms with Gasteiger partial charge < -0.3 is 9.47 Å². The standard InChI is InChI=1S/C40H32N4O8/c1-3-33(25-5-17-31(18-6-25)51-39(49)41-27-9-13-29(14-10-27)43-35(45)21-22-36(43)46)34(4-2)26-7-19-32(20-8-26)52-40(50)42-28-11-15-30(16-12-28)44-37(47)23-24-38(44)48/h5-24H,3-4H2,1-2H3,(H,41,49)(H,42,50)/b34-33+. The van der Waals surface area contributed by atoms with Crippen molar-refractivity contribution in [3.63, 3.8) is 0 Å². The molecule has 2 aliphatic rings. The Hall–Kier alpha value is -7.08. The molecule has 2 aliphatic heterocycles. The molecule has 0 saturated carbocycles. The minimum atomic E-state index is -0.699. The number of hydrogen-bond acceptors (Lipinski definition) is 8. The highest BCUT2D eigenvalue weighted by Gasteiger charge is 2.26. The van der Waals surface area contributed by atoms with Gasteiger partial charge in [0.25, 0.3) is 23.6 Å². The van der Waals surface area contributed by atoms with Crippen LogP contribution >= 0.6 is 0 Å². The van der Waals surface area contributed by atoms with E-state index in [0.717, 1.165) is 44.9 Å². The summed E-state index contributed by atoms with van der Waals surface area (Å²) in [6, 6.07) is 26.9. The van der Waals surface area contributed by atoms with Crippen molar-refractivity contribution in [2.45, 2.75) is 26.7 Å². The molecule has 0 atom stereocenters. The van der Waals surface area contributed by atoms with Crippen LogP contribution in [-0.4, -0.2) is 35.8 Å². The van der Waals surface area contributed by atoms with Gasteiger partial charge in [0.2, 0.25) is 0 Å². The number of ether oxygens (including phenoxy) is 2. The Bertz CT molecular complexity index is 1960. The smallest absolute Gasteiger partial charge is 0.410 e. The molecule has 6 rings (SSSR count). The van der Waals surface area contributed by atoms with E-state index in [1.54, 1.807) is 72.8 Å². The second-order valence-electron chi connectivity index (χ2n) is 11.5. The molecule has 6 amide bonds. The van der Waals surface area contributed by atoms with Crippen LogP contribution in [-0.2, 0) is 19.2 Å². The van der Waals surface area contributed by atoms with E-state index in [4.69, 9.17) is 9.47 Å². The van der Waals surface area contributed by atoms with Crippen molar-refractivity contribution >= 4 is 69.7 Å². The fraction of sp³-hybridized carbons (Fsp3) is 0.100. The number of anilines is 4. The average Bonchev–Trinajstić information content (AvgIpc) is 3.66. The summed E-state index contributed by atoms with van der Waals surface area (Å²) in [5.74, 6) is -1.02. The first kappa shape index (κ1) is 34.8. The first-order chi connectivity index (χ1) is 25.1. The summed E-state index contributed by atoms with van der Waals surface area (Å²) < 4.78 is 10.9. The van der Waals surface area contributed by atoms with E-state index >= 15 is 0 Å². The summed E-state index contributed by atoms with van der Waals surface area (Å²) in [5.41, 5.74) is 5.77. The van der Waals surface area contributed by atoms with Gasteiger partial charge in [-0.25, -0.2) is 19.4 Å². The Kier molecular flexibility index (Phi) is 10.2. The third kappa shape index (κ3) is 7.71. The van der Waals surface area contributed by atoms with E-state index in [-0.39, 0.29) is 0 Å². The molecule has 0 radical (unpaired) electrons. The highest BCUT2D eigenvalue weighted by molar-refractivity contribution is 6.28. The Morgan fingerprint density at radius 1 is 0.481 bits per heavy atom. The Morgan fingerprint density at radius 3 is 1.08 bits per heavy atom. The number of allylic oxidation sites excluding steroid dienone is 2. The number of carbonyl (C=O) groups excluding carboxylic acids is 6. The van der Waals surface area contributed by atoms with Crippen LogP contribution in [0.2, 0.25) is 0 Å². The number of benzene rings is 4. The monoisotopic (exact) mass is 696 g/mol. The lowest BCUT2D eigenvalue weighted by Gasteiger charge is -2.16. The van der Waals surface area contributed by atoms with E-state index in [2.05, 4.69) is 24.5 Å². The Morgan fingerprint density at radius 2 is 0.788 bits per heavy atom. The van der Waals surface area contributed by atoms with Gasteiger partial charge in [0.1, 0.15) is 11.5 Å². The summed E-state index contributed by atoms with van der Waals surface area (Å²) in [5, 5.41) is 5.27. The topological polar surface area (TPSA) is 151 Å². The molecule has 12 nitrogen and oxygen atoms in total. The zero-order valence-electron chi connectivity index (χ0n) is 28.1. The molecule has 4 aromatic carbocycles. The summed E-state index contributed by atoms with van der Waals surface area (Å²) >= 11 is 0. The lowest BCUT2D eigenvalue weighted by molar-refractivity contribution is -0.121.